The average Bonchev–Trinajstić information content (AvgIpc) is 2.71. The third-order valence-electron chi connectivity index (χ3n) is 4.92. The maximum Gasteiger partial charge on any atom is 0.409 e. The lowest BCUT2D eigenvalue weighted by molar-refractivity contribution is -0.104. The van der Waals surface area contributed by atoms with Crippen LogP contribution in [-0.4, -0.2) is 71.7 Å². The van der Waals surface area contributed by atoms with E-state index < -0.39 is 12.0 Å². The zero-order valence-corrected chi connectivity index (χ0v) is 17.0. The normalized spacial score (nSPS) is 19.7. The van der Waals surface area contributed by atoms with Gasteiger partial charge in [-0.15, -0.1) is 0 Å². The Morgan fingerprint density at radius 3 is 2.71 bits per heavy atom. The number of anilines is 1. The van der Waals surface area contributed by atoms with Gasteiger partial charge in [0, 0.05) is 31.2 Å². The van der Waals surface area contributed by atoms with Gasteiger partial charge in [0.2, 0.25) is 11.8 Å². The number of methoxy groups -OCH3 is 1. The van der Waals surface area contributed by atoms with E-state index in [1.54, 1.807) is 6.07 Å². The summed E-state index contributed by atoms with van der Waals surface area (Å²) in [5, 5.41) is 3.14. The summed E-state index contributed by atoms with van der Waals surface area (Å²) in [7, 11) is 1.30. The third kappa shape index (κ3) is 6.33. The van der Waals surface area contributed by atoms with E-state index >= 15 is 0 Å². The van der Waals surface area contributed by atoms with Crippen molar-refractivity contribution < 1.29 is 27.8 Å². The number of alkyl halides is 2. The van der Waals surface area contributed by atoms with Crippen LogP contribution in [0.15, 0.2) is 22.8 Å². The lowest BCUT2D eigenvalue weighted by Crippen LogP contribution is -2.56. The van der Waals surface area contributed by atoms with E-state index in [4.69, 9.17) is 10.5 Å². The first kappa shape index (κ1) is 22.4. The summed E-state index contributed by atoms with van der Waals surface area (Å²) >= 11 is 0. The van der Waals surface area contributed by atoms with Crippen molar-refractivity contribution in [2.24, 2.45) is 10.7 Å². The van der Waals surface area contributed by atoms with Crippen LogP contribution in [0.1, 0.15) is 25.7 Å². The molecule has 0 bridgehead atoms. The number of ether oxygens (including phenoxy) is 2. The number of aldehydes is 1. The quantitative estimate of drug-likeness (QED) is 0.376. The number of aliphatic imine (C=N–C) groups is 1. The van der Waals surface area contributed by atoms with E-state index in [0.717, 1.165) is 0 Å². The van der Waals surface area contributed by atoms with Crippen LogP contribution in [0, 0.1) is 0 Å². The molecule has 2 heterocycles. The first-order valence-corrected chi connectivity index (χ1v) is 9.76. The minimum atomic E-state index is -2.63. The number of carbonyl (C=O) groups excluding carboxylic acids is 2. The minimum absolute atomic E-state index is 0.0185. The van der Waals surface area contributed by atoms with Crippen LogP contribution in [0.2, 0.25) is 0 Å². The molecule has 2 fully saturated rings. The van der Waals surface area contributed by atoms with Crippen molar-refractivity contribution in [3.8, 4) is 5.88 Å². The molecule has 31 heavy (non-hydrogen) atoms. The Morgan fingerprint density at radius 1 is 1.35 bits per heavy atom. The van der Waals surface area contributed by atoms with Crippen LogP contribution in [-0.2, 0) is 9.53 Å². The summed E-state index contributed by atoms with van der Waals surface area (Å²) in [5.41, 5.74) is 5.38. The highest BCUT2D eigenvalue weighted by Gasteiger charge is 2.35. The van der Waals surface area contributed by atoms with E-state index in [9.17, 15) is 18.4 Å². The summed E-state index contributed by atoms with van der Waals surface area (Å²) in [6.07, 6.45) is 2.55. The van der Waals surface area contributed by atoms with Crippen molar-refractivity contribution in [2.75, 3.05) is 25.5 Å². The molecular weight excluding hydrogens is 414 g/mol. The zero-order chi connectivity index (χ0) is 22.4. The highest BCUT2D eigenvalue weighted by Crippen LogP contribution is 2.34. The van der Waals surface area contributed by atoms with E-state index in [1.807, 2.05) is 0 Å². The Hall–Kier alpha value is -3.31. The van der Waals surface area contributed by atoms with E-state index in [1.165, 1.54) is 24.3 Å². The number of amides is 1. The number of nitrogens with two attached hydrogens (primary N) is 1. The smallest absolute Gasteiger partial charge is 0.409 e. The van der Waals surface area contributed by atoms with Crippen LogP contribution >= 0.6 is 0 Å². The predicted molar refractivity (Wildman–Crippen MR) is 108 cm³/mol. The number of allylic oxidation sites excluding steroid dienone is 2. The van der Waals surface area contributed by atoms with Gasteiger partial charge in [-0.3, -0.25) is 4.79 Å². The molecule has 0 radical (unpaired) electrons. The zero-order valence-electron chi connectivity index (χ0n) is 17.0. The van der Waals surface area contributed by atoms with Crippen LogP contribution in [0.3, 0.4) is 0 Å². The third-order valence-corrected chi connectivity index (χ3v) is 4.92. The second-order valence-corrected chi connectivity index (χ2v) is 7.34. The van der Waals surface area contributed by atoms with Gasteiger partial charge >= 0.3 is 6.09 Å². The van der Waals surface area contributed by atoms with Crippen LogP contribution in [0.4, 0.5) is 25.3 Å². The molecule has 10 nitrogen and oxygen atoms in total. The molecule has 1 aromatic heterocycles. The fraction of sp³-hybridized carbons (Fsp3) is 0.526. The summed E-state index contributed by atoms with van der Waals surface area (Å²) < 4.78 is 37.3. The SMILES string of the molecule is COC(=O)N1CC(Oc2cc(NC3CCC(F)(F)CC3)nc(N=CC=C(N)C=O)n2)C1. The lowest BCUT2D eigenvalue weighted by atomic mass is 9.92. The van der Waals surface area contributed by atoms with Gasteiger partial charge in [-0.1, -0.05) is 0 Å². The second-order valence-electron chi connectivity index (χ2n) is 7.34. The molecule has 1 saturated carbocycles. The molecule has 0 unspecified atom stereocenters. The Bertz CT molecular complexity index is 863. The number of nitrogens with zero attached hydrogens (tertiary/aromatic N) is 4. The van der Waals surface area contributed by atoms with Crippen molar-refractivity contribution >= 4 is 30.4 Å². The van der Waals surface area contributed by atoms with Gasteiger partial charge < -0.3 is 25.4 Å². The highest BCUT2D eigenvalue weighted by molar-refractivity contribution is 5.83. The molecule has 12 heteroatoms. The standard InChI is InChI=1S/C19H24F2N6O4/c1-30-18(29)27-9-14(10-27)31-16-8-15(24-13-2-5-19(20,21)6-3-13)25-17(26-16)23-7-4-12(22)11-28/h4,7-8,11,13-14H,2-3,5-6,9-10,22H2,1H3,(H,24,25,26). The lowest BCUT2D eigenvalue weighted by Gasteiger charge is -2.37. The van der Waals surface area contributed by atoms with Gasteiger partial charge in [0.05, 0.1) is 25.9 Å². The second kappa shape index (κ2) is 9.67. The average molecular weight is 438 g/mol. The van der Waals surface area contributed by atoms with Crippen LogP contribution < -0.4 is 15.8 Å². The van der Waals surface area contributed by atoms with Crippen LogP contribution in [0.25, 0.3) is 0 Å². The summed E-state index contributed by atoms with van der Waals surface area (Å²) in [6.45, 7) is 0.683. The molecule has 1 aromatic rings. The molecule has 3 rings (SSSR count). The molecule has 2 aliphatic rings. The Labute approximate surface area is 177 Å². The number of hydrogen-bond donors (Lipinski definition) is 2. The monoisotopic (exact) mass is 438 g/mol. The maximum atomic E-state index is 13.4. The fourth-order valence-electron chi connectivity index (χ4n) is 3.19. The van der Waals surface area contributed by atoms with Gasteiger partial charge in [-0.05, 0) is 18.9 Å². The molecule has 1 saturated heterocycles. The Balaban J connectivity index is 1.71. The molecule has 1 aliphatic heterocycles. The maximum absolute atomic E-state index is 13.4. The fourth-order valence-corrected chi connectivity index (χ4v) is 3.19. The Kier molecular flexibility index (Phi) is 6.98. The van der Waals surface area contributed by atoms with Crippen molar-refractivity contribution in [3.63, 3.8) is 0 Å². The number of likely N-dealkylation sites (tertiary alicyclic amines) is 1. The molecule has 168 valence electrons. The Morgan fingerprint density at radius 2 is 2.06 bits per heavy atom. The van der Waals surface area contributed by atoms with Gasteiger partial charge in [0.1, 0.15) is 11.9 Å². The molecular formula is C19H24F2N6O4. The number of rotatable bonds is 7. The van der Waals surface area contributed by atoms with Gasteiger partial charge in [-0.2, -0.15) is 9.97 Å². The van der Waals surface area contributed by atoms with Crippen molar-refractivity contribution in [2.45, 2.75) is 43.8 Å². The number of hydrogen-bond acceptors (Lipinski definition) is 9. The first-order chi connectivity index (χ1) is 14.8. The topological polar surface area (TPSA) is 132 Å². The van der Waals surface area contributed by atoms with Crippen molar-refractivity contribution in [3.05, 3.63) is 17.8 Å². The van der Waals surface area contributed by atoms with Gasteiger partial charge in [0.25, 0.3) is 5.95 Å². The predicted octanol–water partition coefficient (Wildman–Crippen LogP) is 2.04. The summed E-state index contributed by atoms with van der Waals surface area (Å²) in [6, 6.07) is 1.39. The number of halogens is 2. The van der Waals surface area contributed by atoms with E-state index in [2.05, 4.69) is 25.0 Å². The molecule has 3 N–H and O–H groups in total. The molecule has 0 spiro atoms. The minimum Gasteiger partial charge on any atom is -0.470 e. The van der Waals surface area contributed by atoms with Crippen molar-refractivity contribution in [1.29, 1.82) is 0 Å². The summed E-state index contributed by atoms with van der Waals surface area (Å²) in [5.74, 6) is -1.99. The van der Waals surface area contributed by atoms with E-state index in [-0.39, 0.29) is 42.5 Å². The number of carbonyl (C=O) groups is 2. The molecule has 1 aliphatic carbocycles. The molecule has 1 amide bonds. The van der Waals surface area contributed by atoms with E-state index in [0.29, 0.717) is 38.0 Å². The largest absolute Gasteiger partial charge is 0.470 e. The number of aromatic nitrogens is 2. The van der Waals surface area contributed by atoms with Gasteiger partial charge in [-0.25, -0.2) is 18.6 Å². The first-order valence-electron chi connectivity index (χ1n) is 9.76. The number of nitrogens with one attached hydrogen (secondary N) is 1. The van der Waals surface area contributed by atoms with Crippen molar-refractivity contribution in [1.82, 2.24) is 14.9 Å². The highest BCUT2D eigenvalue weighted by atomic mass is 19.3. The van der Waals surface area contributed by atoms with Gasteiger partial charge in [0.15, 0.2) is 6.29 Å². The molecule has 0 atom stereocenters. The molecule has 0 aromatic carbocycles. The van der Waals surface area contributed by atoms with Crippen LogP contribution in [0.5, 0.6) is 5.88 Å². The summed E-state index contributed by atoms with van der Waals surface area (Å²) in [4.78, 5) is 36.0.